The fraction of sp³-hybridized carbons (Fsp3) is 0.500. The molecule has 0 saturated heterocycles. The van der Waals surface area contributed by atoms with Gasteiger partial charge in [-0.05, 0) is 44.6 Å². The highest BCUT2D eigenvalue weighted by atomic mass is 15.3. The molecule has 0 aromatic heterocycles. The third-order valence-corrected chi connectivity index (χ3v) is 2.68. The van der Waals surface area contributed by atoms with Crippen molar-refractivity contribution in [2.45, 2.75) is 19.9 Å². The minimum atomic E-state index is 0.194. The first-order valence-electron chi connectivity index (χ1n) is 5.22. The van der Waals surface area contributed by atoms with Gasteiger partial charge in [-0.15, -0.1) is 0 Å². The van der Waals surface area contributed by atoms with Crippen molar-refractivity contribution in [1.82, 2.24) is 10.3 Å². The van der Waals surface area contributed by atoms with E-state index < -0.39 is 0 Å². The number of nitrogens with two attached hydrogens (primary N) is 1. The van der Waals surface area contributed by atoms with E-state index in [9.17, 15) is 0 Å². The van der Waals surface area contributed by atoms with E-state index in [1.165, 1.54) is 16.7 Å². The molecule has 0 amide bonds. The standard InChI is InChI=1S/C12H21N3/c1-9-5-6-11(7-10(9)2)12(14-13)8-15(3)4/h5-7,12,14H,8,13H2,1-4H3. The molecule has 1 aromatic rings. The van der Waals surface area contributed by atoms with Gasteiger partial charge in [0.05, 0.1) is 6.04 Å². The monoisotopic (exact) mass is 207 g/mol. The van der Waals surface area contributed by atoms with Crippen molar-refractivity contribution in [3.63, 3.8) is 0 Å². The van der Waals surface area contributed by atoms with Crippen LogP contribution in [0.3, 0.4) is 0 Å². The SMILES string of the molecule is Cc1ccc(C(CN(C)C)NN)cc1C. The van der Waals surface area contributed by atoms with Crippen molar-refractivity contribution >= 4 is 0 Å². The lowest BCUT2D eigenvalue weighted by molar-refractivity contribution is 0.344. The van der Waals surface area contributed by atoms with Crippen LogP contribution in [-0.2, 0) is 0 Å². The minimum Gasteiger partial charge on any atom is -0.307 e. The fourth-order valence-electron chi connectivity index (χ4n) is 1.60. The van der Waals surface area contributed by atoms with Gasteiger partial charge < -0.3 is 4.90 Å². The van der Waals surface area contributed by atoms with E-state index in [0.717, 1.165) is 6.54 Å². The van der Waals surface area contributed by atoms with E-state index in [1.54, 1.807) is 0 Å². The molecular weight excluding hydrogens is 186 g/mol. The van der Waals surface area contributed by atoms with Crippen LogP contribution in [-0.4, -0.2) is 25.5 Å². The maximum Gasteiger partial charge on any atom is 0.0586 e. The number of aryl methyl sites for hydroxylation is 2. The van der Waals surface area contributed by atoms with Crippen LogP contribution >= 0.6 is 0 Å². The summed E-state index contributed by atoms with van der Waals surface area (Å²) >= 11 is 0. The number of benzene rings is 1. The predicted octanol–water partition coefficient (Wildman–Crippen LogP) is 1.37. The van der Waals surface area contributed by atoms with Crippen LogP contribution in [0.2, 0.25) is 0 Å². The van der Waals surface area contributed by atoms with Gasteiger partial charge in [0.25, 0.3) is 0 Å². The van der Waals surface area contributed by atoms with Gasteiger partial charge in [0.15, 0.2) is 0 Å². The predicted molar refractivity (Wildman–Crippen MR) is 64.5 cm³/mol. The summed E-state index contributed by atoms with van der Waals surface area (Å²) in [7, 11) is 4.09. The molecule has 3 heteroatoms. The summed E-state index contributed by atoms with van der Waals surface area (Å²) in [6, 6.07) is 6.67. The Kier molecular flexibility index (Phi) is 4.27. The summed E-state index contributed by atoms with van der Waals surface area (Å²) in [6.07, 6.45) is 0. The molecular formula is C12H21N3. The molecule has 0 fully saturated rings. The number of nitrogens with zero attached hydrogens (tertiary/aromatic N) is 1. The van der Waals surface area contributed by atoms with Gasteiger partial charge in [0.2, 0.25) is 0 Å². The first-order valence-corrected chi connectivity index (χ1v) is 5.22. The van der Waals surface area contributed by atoms with Crippen molar-refractivity contribution in [3.8, 4) is 0 Å². The van der Waals surface area contributed by atoms with Crippen LogP contribution < -0.4 is 11.3 Å². The van der Waals surface area contributed by atoms with Gasteiger partial charge >= 0.3 is 0 Å². The highest BCUT2D eigenvalue weighted by Crippen LogP contribution is 2.16. The summed E-state index contributed by atoms with van der Waals surface area (Å²) in [5.74, 6) is 5.56. The quantitative estimate of drug-likeness (QED) is 0.579. The Morgan fingerprint density at radius 1 is 1.27 bits per heavy atom. The zero-order valence-electron chi connectivity index (χ0n) is 10.0. The average molecular weight is 207 g/mol. The van der Waals surface area contributed by atoms with E-state index in [-0.39, 0.29) is 6.04 Å². The van der Waals surface area contributed by atoms with E-state index in [2.05, 4.69) is 42.4 Å². The summed E-state index contributed by atoms with van der Waals surface area (Å²) in [5, 5.41) is 0. The van der Waals surface area contributed by atoms with Gasteiger partial charge in [0, 0.05) is 6.54 Å². The molecule has 1 atom stereocenters. The lowest BCUT2D eigenvalue weighted by atomic mass is 10.0. The molecule has 0 heterocycles. The van der Waals surface area contributed by atoms with Crippen LogP contribution in [0.4, 0.5) is 0 Å². The lowest BCUT2D eigenvalue weighted by Crippen LogP contribution is -2.35. The Bertz CT molecular complexity index is 321. The smallest absolute Gasteiger partial charge is 0.0586 e. The first-order chi connectivity index (χ1) is 7.04. The molecule has 0 saturated carbocycles. The number of hydrazine groups is 1. The Morgan fingerprint density at radius 3 is 2.40 bits per heavy atom. The van der Waals surface area contributed by atoms with Crippen molar-refractivity contribution in [3.05, 3.63) is 34.9 Å². The molecule has 3 nitrogen and oxygen atoms in total. The molecule has 0 spiro atoms. The number of hydrogen-bond acceptors (Lipinski definition) is 3. The molecule has 1 rings (SSSR count). The van der Waals surface area contributed by atoms with Crippen LogP contribution in [0.1, 0.15) is 22.7 Å². The topological polar surface area (TPSA) is 41.3 Å². The number of nitrogens with one attached hydrogen (secondary N) is 1. The van der Waals surface area contributed by atoms with Crippen molar-refractivity contribution < 1.29 is 0 Å². The Morgan fingerprint density at radius 2 is 1.93 bits per heavy atom. The third-order valence-electron chi connectivity index (χ3n) is 2.68. The van der Waals surface area contributed by atoms with E-state index in [1.807, 2.05) is 14.1 Å². The largest absolute Gasteiger partial charge is 0.307 e. The summed E-state index contributed by atoms with van der Waals surface area (Å²) in [6.45, 7) is 5.15. The normalized spacial score (nSPS) is 13.2. The van der Waals surface area contributed by atoms with Crippen LogP contribution in [0, 0.1) is 13.8 Å². The van der Waals surface area contributed by atoms with Crippen molar-refractivity contribution in [2.24, 2.45) is 5.84 Å². The summed E-state index contributed by atoms with van der Waals surface area (Å²) in [5.41, 5.74) is 6.73. The van der Waals surface area contributed by atoms with Gasteiger partial charge in [0.1, 0.15) is 0 Å². The number of rotatable bonds is 4. The number of hydrogen-bond donors (Lipinski definition) is 2. The maximum atomic E-state index is 5.56. The zero-order valence-corrected chi connectivity index (χ0v) is 10.0. The Balaban J connectivity index is 2.87. The third kappa shape index (κ3) is 3.30. The molecule has 1 aromatic carbocycles. The van der Waals surface area contributed by atoms with Crippen LogP contribution in [0.5, 0.6) is 0 Å². The molecule has 0 radical (unpaired) electrons. The van der Waals surface area contributed by atoms with Gasteiger partial charge in [-0.2, -0.15) is 0 Å². The van der Waals surface area contributed by atoms with Gasteiger partial charge in [-0.3, -0.25) is 11.3 Å². The highest BCUT2D eigenvalue weighted by Gasteiger charge is 2.10. The molecule has 0 bridgehead atoms. The molecule has 3 N–H and O–H groups in total. The molecule has 1 unspecified atom stereocenters. The zero-order chi connectivity index (χ0) is 11.4. The molecule has 15 heavy (non-hydrogen) atoms. The highest BCUT2D eigenvalue weighted by molar-refractivity contribution is 5.31. The van der Waals surface area contributed by atoms with Gasteiger partial charge in [-0.25, -0.2) is 0 Å². The van der Waals surface area contributed by atoms with E-state index in [0.29, 0.717) is 0 Å². The Labute approximate surface area is 92.2 Å². The fourth-order valence-corrected chi connectivity index (χ4v) is 1.60. The molecule has 0 aliphatic carbocycles. The maximum absolute atomic E-state index is 5.56. The second-order valence-corrected chi connectivity index (χ2v) is 4.33. The second kappa shape index (κ2) is 5.26. The van der Waals surface area contributed by atoms with E-state index >= 15 is 0 Å². The Hall–Kier alpha value is -0.900. The van der Waals surface area contributed by atoms with Gasteiger partial charge in [-0.1, -0.05) is 18.2 Å². The van der Waals surface area contributed by atoms with Crippen LogP contribution in [0.15, 0.2) is 18.2 Å². The van der Waals surface area contributed by atoms with Crippen molar-refractivity contribution in [2.75, 3.05) is 20.6 Å². The van der Waals surface area contributed by atoms with Crippen LogP contribution in [0.25, 0.3) is 0 Å². The van der Waals surface area contributed by atoms with Crippen molar-refractivity contribution in [1.29, 1.82) is 0 Å². The average Bonchev–Trinajstić information content (AvgIpc) is 2.18. The molecule has 0 aliphatic heterocycles. The first kappa shape index (κ1) is 12.2. The number of likely N-dealkylation sites (N-methyl/N-ethyl adjacent to an activating group) is 1. The molecule has 0 aliphatic rings. The summed E-state index contributed by atoms with van der Waals surface area (Å²) in [4.78, 5) is 2.12. The second-order valence-electron chi connectivity index (χ2n) is 4.33. The minimum absolute atomic E-state index is 0.194. The molecule has 84 valence electrons. The van der Waals surface area contributed by atoms with E-state index in [4.69, 9.17) is 5.84 Å². The summed E-state index contributed by atoms with van der Waals surface area (Å²) < 4.78 is 0. The lowest BCUT2D eigenvalue weighted by Gasteiger charge is -2.21.